The van der Waals surface area contributed by atoms with Crippen molar-refractivity contribution in [2.24, 2.45) is 0 Å². The summed E-state index contributed by atoms with van der Waals surface area (Å²) in [7, 11) is 1.78. The molecule has 0 bridgehead atoms. The number of nitrogens with zero attached hydrogens (tertiary/aromatic N) is 1. The number of hydrogen-bond donors (Lipinski definition) is 1. The van der Waals surface area contributed by atoms with Crippen molar-refractivity contribution in [3.05, 3.63) is 70.7 Å². The van der Waals surface area contributed by atoms with Crippen molar-refractivity contribution in [3.63, 3.8) is 0 Å². The molecule has 126 valence electrons. The Bertz CT molecular complexity index is 686. The summed E-state index contributed by atoms with van der Waals surface area (Å²) in [6, 6.07) is 16.5. The third-order valence-corrected chi connectivity index (χ3v) is 4.24. The van der Waals surface area contributed by atoms with Gasteiger partial charge < -0.3 is 10.2 Å². The first-order chi connectivity index (χ1) is 11.5. The monoisotopic (exact) mass is 344 g/mol. The van der Waals surface area contributed by atoms with Crippen LogP contribution in [0.5, 0.6) is 0 Å². The highest BCUT2D eigenvalue weighted by Crippen LogP contribution is 2.18. The molecule has 2 aromatic rings. The van der Waals surface area contributed by atoms with Gasteiger partial charge in [0.1, 0.15) is 0 Å². The normalized spacial score (nSPS) is 11.6. The van der Waals surface area contributed by atoms with Crippen molar-refractivity contribution in [1.29, 1.82) is 0 Å². The van der Waals surface area contributed by atoms with Crippen LogP contribution in [-0.4, -0.2) is 30.3 Å². The fourth-order valence-electron chi connectivity index (χ4n) is 2.33. The maximum absolute atomic E-state index is 12.3. The highest BCUT2D eigenvalue weighted by molar-refractivity contribution is 6.30. The summed E-state index contributed by atoms with van der Waals surface area (Å²) in [6.07, 6.45) is 0.257. The molecule has 0 saturated carbocycles. The molecular weight excluding hydrogens is 324 g/mol. The molecule has 0 spiro atoms. The summed E-state index contributed by atoms with van der Waals surface area (Å²) < 4.78 is 0. The molecule has 1 atom stereocenters. The highest BCUT2D eigenvalue weighted by atomic mass is 35.5. The van der Waals surface area contributed by atoms with Gasteiger partial charge >= 0.3 is 0 Å². The van der Waals surface area contributed by atoms with Crippen LogP contribution in [0.1, 0.15) is 35.3 Å². The van der Waals surface area contributed by atoms with Gasteiger partial charge in [-0.2, -0.15) is 0 Å². The summed E-state index contributed by atoms with van der Waals surface area (Å²) in [4.78, 5) is 26.0. The van der Waals surface area contributed by atoms with E-state index in [1.54, 1.807) is 36.2 Å². The Hall–Kier alpha value is -2.33. The minimum Gasteiger partial charge on any atom is -0.352 e. The number of halogens is 1. The van der Waals surface area contributed by atoms with Crippen molar-refractivity contribution >= 4 is 23.4 Å². The third kappa shape index (κ3) is 4.83. The summed E-state index contributed by atoms with van der Waals surface area (Å²) >= 11 is 5.80. The van der Waals surface area contributed by atoms with Crippen LogP contribution in [0.15, 0.2) is 54.6 Å². The predicted octanol–water partition coefficient (Wildman–Crippen LogP) is 3.68. The minimum atomic E-state index is -0.210. The number of carbonyl (C=O) groups is 2. The molecule has 0 heterocycles. The largest absolute Gasteiger partial charge is 0.352 e. The van der Waals surface area contributed by atoms with Gasteiger partial charge in [-0.3, -0.25) is 9.59 Å². The van der Waals surface area contributed by atoms with Crippen molar-refractivity contribution in [2.45, 2.75) is 19.4 Å². The van der Waals surface area contributed by atoms with E-state index in [0.717, 1.165) is 5.56 Å². The molecule has 2 amide bonds. The standard InChI is InChI=1S/C19H21ClN2O2/c1-14(15-6-4-3-5-7-15)22(2)18(23)12-13-21-19(24)16-8-10-17(20)11-9-16/h3-11,14H,12-13H2,1-2H3,(H,21,24)/t14-/m0/s1. The van der Waals surface area contributed by atoms with Crippen LogP contribution in [0, 0.1) is 0 Å². The van der Waals surface area contributed by atoms with E-state index in [4.69, 9.17) is 11.6 Å². The molecule has 1 N–H and O–H groups in total. The third-order valence-electron chi connectivity index (χ3n) is 3.99. The van der Waals surface area contributed by atoms with Gasteiger partial charge in [0.25, 0.3) is 5.91 Å². The molecule has 2 aromatic carbocycles. The van der Waals surface area contributed by atoms with Crippen LogP contribution >= 0.6 is 11.6 Å². The molecule has 0 fully saturated rings. The van der Waals surface area contributed by atoms with E-state index in [1.807, 2.05) is 37.3 Å². The van der Waals surface area contributed by atoms with Gasteiger partial charge in [-0.15, -0.1) is 0 Å². The average Bonchev–Trinajstić information content (AvgIpc) is 2.61. The lowest BCUT2D eigenvalue weighted by Gasteiger charge is -2.25. The number of amides is 2. The number of rotatable bonds is 6. The van der Waals surface area contributed by atoms with Gasteiger partial charge in [-0.1, -0.05) is 41.9 Å². The smallest absolute Gasteiger partial charge is 0.251 e. The molecule has 0 aliphatic carbocycles. The Morgan fingerprint density at radius 3 is 2.33 bits per heavy atom. The second-order valence-corrected chi connectivity index (χ2v) is 6.04. The van der Waals surface area contributed by atoms with Gasteiger partial charge in [0.05, 0.1) is 6.04 Å². The second kappa shape index (κ2) is 8.50. The molecule has 0 aromatic heterocycles. The van der Waals surface area contributed by atoms with Gasteiger partial charge in [0, 0.05) is 30.6 Å². The molecule has 0 unspecified atom stereocenters. The lowest BCUT2D eigenvalue weighted by atomic mass is 10.1. The Kier molecular flexibility index (Phi) is 6.38. The van der Waals surface area contributed by atoms with Crippen molar-refractivity contribution < 1.29 is 9.59 Å². The molecule has 24 heavy (non-hydrogen) atoms. The highest BCUT2D eigenvalue weighted by Gasteiger charge is 2.17. The summed E-state index contributed by atoms with van der Waals surface area (Å²) in [5, 5.41) is 3.34. The second-order valence-electron chi connectivity index (χ2n) is 5.60. The van der Waals surface area contributed by atoms with Crippen LogP contribution in [0.3, 0.4) is 0 Å². The number of hydrogen-bond acceptors (Lipinski definition) is 2. The molecule has 4 nitrogen and oxygen atoms in total. The zero-order chi connectivity index (χ0) is 17.5. The quantitative estimate of drug-likeness (QED) is 0.869. The Labute approximate surface area is 147 Å². The first-order valence-corrected chi connectivity index (χ1v) is 8.21. The van der Waals surface area contributed by atoms with E-state index in [1.165, 1.54) is 0 Å². The molecule has 0 aliphatic heterocycles. The molecule has 0 aliphatic rings. The van der Waals surface area contributed by atoms with Crippen molar-refractivity contribution in [3.8, 4) is 0 Å². The van der Waals surface area contributed by atoms with Gasteiger partial charge in [-0.25, -0.2) is 0 Å². The van der Waals surface area contributed by atoms with E-state index in [2.05, 4.69) is 5.32 Å². The van der Waals surface area contributed by atoms with E-state index >= 15 is 0 Å². The number of benzene rings is 2. The van der Waals surface area contributed by atoms with E-state index in [0.29, 0.717) is 17.1 Å². The summed E-state index contributed by atoms with van der Waals surface area (Å²) in [6.45, 7) is 2.28. The van der Waals surface area contributed by atoms with Crippen LogP contribution in [0.25, 0.3) is 0 Å². The zero-order valence-electron chi connectivity index (χ0n) is 13.8. The van der Waals surface area contributed by atoms with Crippen LogP contribution in [-0.2, 0) is 4.79 Å². The average molecular weight is 345 g/mol. The van der Waals surface area contributed by atoms with E-state index < -0.39 is 0 Å². The lowest BCUT2D eigenvalue weighted by Crippen LogP contribution is -2.33. The van der Waals surface area contributed by atoms with Gasteiger partial charge in [0.2, 0.25) is 5.91 Å². The predicted molar refractivity (Wildman–Crippen MR) is 96.0 cm³/mol. The van der Waals surface area contributed by atoms with Gasteiger partial charge in [-0.05, 0) is 36.8 Å². The molecule has 2 rings (SSSR count). The first-order valence-electron chi connectivity index (χ1n) is 7.83. The Balaban J connectivity index is 1.82. The SMILES string of the molecule is C[C@@H](c1ccccc1)N(C)C(=O)CCNC(=O)c1ccc(Cl)cc1. The Morgan fingerprint density at radius 1 is 1.08 bits per heavy atom. The van der Waals surface area contributed by atoms with E-state index in [9.17, 15) is 9.59 Å². The molecule has 0 radical (unpaired) electrons. The van der Waals surface area contributed by atoms with Crippen LogP contribution < -0.4 is 5.32 Å². The topological polar surface area (TPSA) is 49.4 Å². The summed E-state index contributed by atoms with van der Waals surface area (Å²) in [5.74, 6) is -0.221. The molecule has 5 heteroatoms. The zero-order valence-corrected chi connectivity index (χ0v) is 14.6. The van der Waals surface area contributed by atoms with Crippen molar-refractivity contribution in [2.75, 3.05) is 13.6 Å². The fourth-order valence-corrected chi connectivity index (χ4v) is 2.46. The van der Waals surface area contributed by atoms with Crippen molar-refractivity contribution in [1.82, 2.24) is 10.2 Å². The lowest BCUT2D eigenvalue weighted by molar-refractivity contribution is -0.131. The minimum absolute atomic E-state index is 0.00864. The number of nitrogens with one attached hydrogen (secondary N) is 1. The molecular formula is C19H21ClN2O2. The Morgan fingerprint density at radius 2 is 1.71 bits per heavy atom. The van der Waals surface area contributed by atoms with Gasteiger partial charge in [0.15, 0.2) is 0 Å². The summed E-state index contributed by atoms with van der Waals surface area (Å²) in [5.41, 5.74) is 1.61. The maximum Gasteiger partial charge on any atom is 0.251 e. The van der Waals surface area contributed by atoms with Crippen LogP contribution in [0.2, 0.25) is 5.02 Å². The van der Waals surface area contributed by atoms with E-state index in [-0.39, 0.29) is 24.3 Å². The first kappa shape index (κ1) is 18.0. The number of carbonyl (C=O) groups excluding carboxylic acids is 2. The maximum atomic E-state index is 12.3. The van der Waals surface area contributed by atoms with Crippen LogP contribution in [0.4, 0.5) is 0 Å². The molecule has 0 saturated heterocycles. The fraction of sp³-hybridized carbons (Fsp3) is 0.263.